The van der Waals surface area contributed by atoms with Gasteiger partial charge in [-0.2, -0.15) is 0 Å². The summed E-state index contributed by atoms with van der Waals surface area (Å²) >= 11 is 5.39. The van der Waals surface area contributed by atoms with E-state index in [9.17, 15) is 0 Å². The molecule has 3 heteroatoms. The highest BCUT2D eigenvalue weighted by atomic mass is 79.9. The molecule has 1 aromatic rings. The van der Waals surface area contributed by atoms with E-state index in [1.165, 1.54) is 28.2 Å². The molecule has 1 aliphatic rings. The molecule has 14 heavy (non-hydrogen) atoms. The maximum Gasteiger partial charge on any atom is 0.0701 e. The van der Waals surface area contributed by atoms with Crippen LogP contribution in [0.5, 0.6) is 0 Å². The Labute approximate surface area is 98.0 Å². The molecule has 1 nitrogen and oxygen atoms in total. The molecule has 0 bridgehead atoms. The molecule has 0 aliphatic carbocycles. The quantitative estimate of drug-likeness (QED) is 0.891. The molecule has 1 aliphatic heterocycles. The fourth-order valence-corrected chi connectivity index (χ4v) is 3.62. The van der Waals surface area contributed by atoms with E-state index in [4.69, 9.17) is 0 Å². The normalized spacial score (nSPS) is 19.7. The molecule has 2 heterocycles. The Bertz CT molecular complexity index is 315. The van der Waals surface area contributed by atoms with Crippen LogP contribution in [-0.4, -0.2) is 13.1 Å². The molecule has 0 atom stereocenters. The van der Waals surface area contributed by atoms with Gasteiger partial charge in [0.2, 0.25) is 0 Å². The Kier molecular flexibility index (Phi) is 3.01. The molecule has 0 saturated carbocycles. The van der Waals surface area contributed by atoms with Crippen molar-refractivity contribution in [3.8, 4) is 0 Å². The van der Waals surface area contributed by atoms with Crippen molar-refractivity contribution in [1.82, 2.24) is 5.32 Å². The zero-order valence-electron chi connectivity index (χ0n) is 8.64. The molecule has 78 valence electrons. The number of nitrogens with one attached hydrogen (secondary N) is 1. The van der Waals surface area contributed by atoms with E-state index in [2.05, 4.69) is 47.2 Å². The van der Waals surface area contributed by atoms with Gasteiger partial charge in [0.25, 0.3) is 0 Å². The first kappa shape index (κ1) is 10.7. The minimum atomic E-state index is 0.518. The lowest BCUT2D eigenvalue weighted by molar-refractivity contribution is 0.101. The molecule has 0 spiro atoms. The topological polar surface area (TPSA) is 12.0 Å². The lowest BCUT2D eigenvalue weighted by Gasteiger charge is -2.46. The van der Waals surface area contributed by atoms with Crippen molar-refractivity contribution in [3.63, 3.8) is 0 Å². The summed E-state index contributed by atoms with van der Waals surface area (Å²) in [4.78, 5) is 1.51. The third-order valence-corrected chi connectivity index (χ3v) is 4.96. The standard InChI is InChI=1S/C11H16BrNS/c1-8(2)11(6-13-7-11)5-9-3-4-10(12)14-9/h3-4,8,13H,5-7H2,1-2H3. The van der Waals surface area contributed by atoms with E-state index in [1.807, 2.05) is 11.3 Å². The minimum Gasteiger partial charge on any atom is -0.315 e. The van der Waals surface area contributed by atoms with Gasteiger partial charge in [0.1, 0.15) is 0 Å². The van der Waals surface area contributed by atoms with Crippen molar-refractivity contribution >= 4 is 27.3 Å². The van der Waals surface area contributed by atoms with Gasteiger partial charge in [-0.15, -0.1) is 11.3 Å². The van der Waals surface area contributed by atoms with E-state index >= 15 is 0 Å². The summed E-state index contributed by atoms with van der Waals surface area (Å²) in [6, 6.07) is 4.40. The van der Waals surface area contributed by atoms with Gasteiger partial charge in [-0.3, -0.25) is 0 Å². The molecular formula is C11H16BrNS. The fourth-order valence-electron chi connectivity index (χ4n) is 1.98. The monoisotopic (exact) mass is 273 g/mol. The number of rotatable bonds is 3. The van der Waals surface area contributed by atoms with E-state index in [1.54, 1.807) is 0 Å². The highest BCUT2D eigenvalue weighted by molar-refractivity contribution is 9.11. The number of halogens is 1. The van der Waals surface area contributed by atoms with Gasteiger partial charge in [0.05, 0.1) is 3.79 Å². The van der Waals surface area contributed by atoms with Crippen molar-refractivity contribution < 1.29 is 0 Å². The second-order valence-electron chi connectivity index (χ2n) is 4.50. The van der Waals surface area contributed by atoms with Gasteiger partial charge < -0.3 is 5.32 Å². The first-order valence-corrected chi connectivity index (χ1v) is 6.68. The van der Waals surface area contributed by atoms with Gasteiger partial charge in [0, 0.05) is 23.4 Å². The van der Waals surface area contributed by atoms with Crippen LogP contribution in [0.25, 0.3) is 0 Å². The van der Waals surface area contributed by atoms with Crippen LogP contribution >= 0.6 is 27.3 Å². The van der Waals surface area contributed by atoms with E-state index in [-0.39, 0.29) is 0 Å². The van der Waals surface area contributed by atoms with Crippen molar-refractivity contribution in [2.45, 2.75) is 20.3 Å². The zero-order chi connectivity index (χ0) is 10.2. The van der Waals surface area contributed by atoms with Crippen LogP contribution < -0.4 is 5.32 Å². The Hall–Kier alpha value is 0.140. The Morgan fingerprint density at radius 2 is 2.21 bits per heavy atom. The maximum atomic E-state index is 3.52. The molecule has 0 unspecified atom stereocenters. The summed E-state index contributed by atoms with van der Waals surface area (Å²) in [7, 11) is 0. The van der Waals surface area contributed by atoms with Crippen molar-refractivity contribution in [1.29, 1.82) is 0 Å². The first-order valence-electron chi connectivity index (χ1n) is 5.07. The predicted octanol–water partition coefficient (Wildman–Crippen LogP) is 3.30. The molecule has 1 saturated heterocycles. The number of hydrogen-bond acceptors (Lipinski definition) is 2. The van der Waals surface area contributed by atoms with Crippen molar-refractivity contribution in [2.75, 3.05) is 13.1 Å². The molecule has 1 fully saturated rings. The molecule has 1 N–H and O–H groups in total. The summed E-state index contributed by atoms with van der Waals surface area (Å²) in [5.74, 6) is 0.768. The van der Waals surface area contributed by atoms with Gasteiger partial charge in [-0.1, -0.05) is 13.8 Å². The molecule has 2 rings (SSSR count). The summed E-state index contributed by atoms with van der Waals surface area (Å²) in [5.41, 5.74) is 0.518. The highest BCUT2D eigenvalue weighted by Crippen LogP contribution is 2.37. The van der Waals surface area contributed by atoms with Crippen LogP contribution in [0, 0.1) is 11.3 Å². The van der Waals surface area contributed by atoms with Crippen LogP contribution in [0.4, 0.5) is 0 Å². The largest absolute Gasteiger partial charge is 0.315 e. The second-order valence-corrected chi connectivity index (χ2v) is 7.05. The van der Waals surface area contributed by atoms with Crippen molar-refractivity contribution in [2.24, 2.45) is 11.3 Å². The molecular weight excluding hydrogens is 258 g/mol. The third-order valence-electron chi connectivity index (χ3n) is 3.33. The first-order chi connectivity index (χ1) is 6.62. The summed E-state index contributed by atoms with van der Waals surface area (Å²) < 4.78 is 1.25. The van der Waals surface area contributed by atoms with Gasteiger partial charge in [0.15, 0.2) is 0 Å². The summed E-state index contributed by atoms with van der Waals surface area (Å²) in [6.45, 7) is 7.04. The average molecular weight is 274 g/mol. The van der Waals surface area contributed by atoms with Crippen molar-refractivity contribution in [3.05, 3.63) is 20.8 Å². The predicted molar refractivity (Wildman–Crippen MR) is 65.9 cm³/mol. The lowest BCUT2D eigenvalue weighted by Crippen LogP contribution is -2.57. The number of hydrogen-bond donors (Lipinski definition) is 1. The Morgan fingerprint density at radius 1 is 1.50 bits per heavy atom. The summed E-state index contributed by atoms with van der Waals surface area (Å²) in [5, 5.41) is 3.40. The highest BCUT2D eigenvalue weighted by Gasteiger charge is 2.39. The average Bonchev–Trinajstić information content (AvgIpc) is 2.43. The Balaban J connectivity index is 2.08. The maximum absolute atomic E-state index is 3.52. The van der Waals surface area contributed by atoms with Crippen LogP contribution in [0.1, 0.15) is 18.7 Å². The van der Waals surface area contributed by atoms with Crippen LogP contribution in [0.3, 0.4) is 0 Å². The van der Waals surface area contributed by atoms with E-state index < -0.39 is 0 Å². The zero-order valence-corrected chi connectivity index (χ0v) is 11.0. The fraction of sp³-hybridized carbons (Fsp3) is 0.636. The van der Waals surface area contributed by atoms with Crippen LogP contribution in [-0.2, 0) is 6.42 Å². The molecule has 0 amide bonds. The Morgan fingerprint density at radius 3 is 2.57 bits per heavy atom. The lowest BCUT2D eigenvalue weighted by atomic mass is 9.69. The molecule has 1 aromatic heterocycles. The molecule has 0 radical (unpaired) electrons. The van der Waals surface area contributed by atoms with Gasteiger partial charge in [-0.25, -0.2) is 0 Å². The SMILES string of the molecule is CC(C)C1(Cc2ccc(Br)s2)CNC1. The smallest absolute Gasteiger partial charge is 0.0701 e. The second kappa shape index (κ2) is 3.95. The minimum absolute atomic E-state index is 0.518. The van der Waals surface area contributed by atoms with Crippen LogP contribution in [0.2, 0.25) is 0 Å². The van der Waals surface area contributed by atoms with Gasteiger partial charge in [-0.05, 0) is 40.4 Å². The molecule has 0 aromatic carbocycles. The van der Waals surface area contributed by atoms with E-state index in [0.29, 0.717) is 5.41 Å². The van der Waals surface area contributed by atoms with E-state index in [0.717, 1.165) is 5.92 Å². The van der Waals surface area contributed by atoms with Crippen LogP contribution in [0.15, 0.2) is 15.9 Å². The third kappa shape index (κ3) is 1.90. The number of thiophene rings is 1. The van der Waals surface area contributed by atoms with Gasteiger partial charge >= 0.3 is 0 Å². The summed E-state index contributed by atoms with van der Waals surface area (Å²) in [6.07, 6.45) is 1.23.